The lowest BCUT2D eigenvalue weighted by molar-refractivity contribution is 0.415. The van der Waals surface area contributed by atoms with Crippen LogP contribution in [-0.4, -0.2) is 25.3 Å². The number of aryl methyl sites for hydroxylation is 1. The third-order valence-corrected chi connectivity index (χ3v) is 5.36. The van der Waals surface area contributed by atoms with Gasteiger partial charge in [-0.25, -0.2) is 13.1 Å². The van der Waals surface area contributed by atoms with Crippen LogP contribution in [0.15, 0.2) is 80.4 Å². The number of methoxy groups -OCH3 is 1. The van der Waals surface area contributed by atoms with Crippen LogP contribution >= 0.6 is 0 Å². The van der Waals surface area contributed by atoms with Gasteiger partial charge in [-0.1, -0.05) is 24.8 Å². The van der Waals surface area contributed by atoms with Gasteiger partial charge < -0.3 is 4.74 Å². The Morgan fingerprint density at radius 2 is 1.86 bits per heavy atom. The second kappa shape index (κ2) is 7.65. The van der Waals surface area contributed by atoms with Crippen molar-refractivity contribution in [3.05, 3.63) is 76.6 Å². The molecular weight excluding hydrogens is 380 g/mol. The van der Waals surface area contributed by atoms with Crippen molar-refractivity contribution in [3.63, 3.8) is 0 Å². The molecule has 0 saturated carbocycles. The molecule has 0 atom stereocenters. The van der Waals surface area contributed by atoms with Gasteiger partial charge in [0.1, 0.15) is 11.4 Å². The SMILES string of the molecule is C=CS(=O)(=O)c1ccc(OC)c(N=Nc2c(C)[nH]n(-c3ccccc3)c2=O)c1. The number of aromatic amines is 1. The molecule has 0 unspecified atom stereocenters. The van der Waals surface area contributed by atoms with E-state index in [1.54, 1.807) is 19.1 Å². The Morgan fingerprint density at radius 3 is 2.50 bits per heavy atom. The average molecular weight is 398 g/mol. The molecule has 3 rings (SSSR count). The van der Waals surface area contributed by atoms with Crippen LogP contribution in [0.5, 0.6) is 5.75 Å². The van der Waals surface area contributed by atoms with E-state index in [0.717, 1.165) is 5.41 Å². The molecule has 2 aromatic carbocycles. The first kappa shape index (κ1) is 19.3. The zero-order valence-corrected chi connectivity index (χ0v) is 16.1. The average Bonchev–Trinajstić information content (AvgIpc) is 3.00. The van der Waals surface area contributed by atoms with Crippen molar-refractivity contribution in [2.24, 2.45) is 10.2 Å². The predicted octanol–water partition coefficient (Wildman–Crippen LogP) is 3.82. The van der Waals surface area contributed by atoms with E-state index in [0.29, 0.717) is 17.1 Å². The summed E-state index contributed by atoms with van der Waals surface area (Å²) in [5.41, 5.74) is 1.10. The summed E-state index contributed by atoms with van der Waals surface area (Å²) in [6, 6.07) is 13.2. The van der Waals surface area contributed by atoms with E-state index in [1.807, 2.05) is 18.2 Å². The van der Waals surface area contributed by atoms with Crippen molar-refractivity contribution in [3.8, 4) is 11.4 Å². The van der Waals surface area contributed by atoms with Gasteiger partial charge in [-0.2, -0.15) is 0 Å². The molecule has 1 heterocycles. The number of hydrogen-bond acceptors (Lipinski definition) is 6. The number of nitrogens with one attached hydrogen (secondary N) is 1. The number of nitrogens with zero attached hydrogens (tertiary/aromatic N) is 3. The standard InChI is InChI=1S/C19H18N4O4S/c1-4-28(25,26)15-10-11-17(27-3)16(12-15)20-21-18-13(2)22-23(19(18)24)14-8-6-5-7-9-14/h4-12,22H,1H2,2-3H3. The fourth-order valence-electron chi connectivity index (χ4n) is 2.54. The number of rotatable bonds is 6. The van der Waals surface area contributed by atoms with Crippen LogP contribution in [0.25, 0.3) is 5.69 Å². The molecule has 1 N–H and O–H groups in total. The van der Waals surface area contributed by atoms with Gasteiger partial charge in [-0.05, 0) is 37.3 Å². The summed E-state index contributed by atoms with van der Waals surface area (Å²) in [4.78, 5) is 12.7. The normalized spacial score (nSPS) is 11.6. The van der Waals surface area contributed by atoms with Gasteiger partial charge in [0.05, 0.1) is 23.4 Å². The van der Waals surface area contributed by atoms with Crippen molar-refractivity contribution in [2.75, 3.05) is 7.11 Å². The molecule has 3 aromatic rings. The molecule has 0 bridgehead atoms. The van der Waals surface area contributed by atoms with Crippen molar-refractivity contribution in [2.45, 2.75) is 11.8 Å². The molecule has 8 nitrogen and oxygen atoms in total. The summed E-state index contributed by atoms with van der Waals surface area (Å²) in [6.07, 6.45) is 0. The third-order valence-electron chi connectivity index (χ3n) is 4.01. The number of azo groups is 1. The number of benzene rings is 2. The van der Waals surface area contributed by atoms with Gasteiger partial charge >= 0.3 is 0 Å². The van der Waals surface area contributed by atoms with Gasteiger partial charge in [-0.3, -0.25) is 9.89 Å². The molecule has 0 amide bonds. The lowest BCUT2D eigenvalue weighted by Gasteiger charge is -2.05. The number of ether oxygens (including phenoxy) is 1. The van der Waals surface area contributed by atoms with Crippen LogP contribution in [0.1, 0.15) is 5.69 Å². The Hall–Kier alpha value is -3.46. The molecule has 0 aliphatic carbocycles. The van der Waals surface area contributed by atoms with E-state index >= 15 is 0 Å². The number of hydrogen-bond donors (Lipinski definition) is 1. The van der Waals surface area contributed by atoms with E-state index in [9.17, 15) is 13.2 Å². The predicted molar refractivity (Wildman–Crippen MR) is 106 cm³/mol. The second-order valence-electron chi connectivity index (χ2n) is 5.81. The van der Waals surface area contributed by atoms with Crippen molar-refractivity contribution in [1.29, 1.82) is 0 Å². The highest BCUT2D eigenvalue weighted by Crippen LogP contribution is 2.32. The van der Waals surface area contributed by atoms with Crippen LogP contribution in [0.2, 0.25) is 0 Å². The molecule has 0 spiro atoms. The van der Waals surface area contributed by atoms with Crippen LogP contribution < -0.4 is 10.3 Å². The Kier molecular flexibility index (Phi) is 5.27. The Bertz CT molecular complexity index is 1210. The highest BCUT2D eigenvalue weighted by Gasteiger charge is 2.15. The first-order valence-corrected chi connectivity index (χ1v) is 9.76. The molecule has 1 aromatic heterocycles. The lowest BCUT2D eigenvalue weighted by atomic mass is 10.3. The first-order chi connectivity index (χ1) is 13.4. The fraction of sp³-hybridized carbons (Fsp3) is 0.105. The molecule has 28 heavy (non-hydrogen) atoms. The minimum absolute atomic E-state index is 0.00439. The zero-order valence-electron chi connectivity index (χ0n) is 15.3. The molecule has 0 aliphatic rings. The van der Waals surface area contributed by atoms with Gasteiger partial charge in [0, 0.05) is 5.41 Å². The Morgan fingerprint density at radius 1 is 1.14 bits per heavy atom. The maximum atomic E-state index is 12.7. The van der Waals surface area contributed by atoms with Gasteiger partial charge in [0.25, 0.3) is 5.56 Å². The minimum Gasteiger partial charge on any atom is -0.494 e. The largest absolute Gasteiger partial charge is 0.494 e. The highest BCUT2D eigenvalue weighted by atomic mass is 32.2. The van der Waals surface area contributed by atoms with Crippen LogP contribution in [0, 0.1) is 6.92 Å². The molecule has 0 saturated heterocycles. The Labute approximate surface area is 161 Å². The van der Waals surface area contributed by atoms with Gasteiger partial charge in [0.15, 0.2) is 15.5 Å². The highest BCUT2D eigenvalue weighted by molar-refractivity contribution is 7.94. The van der Waals surface area contributed by atoms with E-state index < -0.39 is 9.84 Å². The zero-order chi connectivity index (χ0) is 20.3. The molecular formula is C19H18N4O4S. The second-order valence-corrected chi connectivity index (χ2v) is 7.70. The maximum absolute atomic E-state index is 12.7. The van der Waals surface area contributed by atoms with Crippen molar-refractivity contribution in [1.82, 2.24) is 9.78 Å². The minimum atomic E-state index is -3.64. The van der Waals surface area contributed by atoms with Crippen molar-refractivity contribution < 1.29 is 13.2 Å². The number of aromatic nitrogens is 2. The maximum Gasteiger partial charge on any atom is 0.299 e. The monoisotopic (exact) mass is 398 g/mol. The summed E-state index contributed by atoms with van der Waals surface area (Å²) < 4.78 is 30.6. The lowest BCUT2D eigenvalue weighted by Crippen LogP contribution is -2.13. The number of H-pyrrole nitrogens is 1. The third kappa shape index (κ3) is 3.65. The van der Waals surface area contributed by atoms with Crippen molar-refractivity contribution >= 4 is 21.2 Å². The summed E-state index contributed by atoms with van der Waals surface area (Å²) in [5, 5.41) is 11.9. The fourth-order valence-corrected chi connectivity index (χ4v) is 3.27. The first-order valence-electron chi connectivity index (χ1n) is 8.21. The van der Waals surface area contributed by atoms with E-state index in [4.69, 9.17) is 4.74 Å². The van der Waals surface area contributed by atoms with Crippen LogP contribution in [0.3, 0.4) is 0 Å². The quantitative estimate of drug-likeness (QED) is 0.637. The topological polar surface area (TPSA) is 106 Å². The molecule has 9 heteroatoms. The Balaban J connectivity index is 2.05. The van der Waals surface area contributed by atoms with Gasteiger partial charge in [-0.15, -0.1) is 10.2 Å². The van der Waals surface area contributed by atoms with Crippen LogP contribution in [0.4, 0.5) is 11.4 Å². The summed E-state index contributed by atoms with van der Waals surface area (Å²) in [6.45, 7) is 5.01. The van der Waals surface area contributed by atoms with E-state index in [2.05, 4.69) is 21.9 Å². The molecule has 144 valence electrons. The summed E-state index contributed by atoms with van der Waals surface area (Å²) in [7, 11) is -2.21. The molecule has 0 aliphatic heterocycles. The number of sulfone groups is 1. The van der Waals surface area contributed by atoms with Gasteiger partial charge in [0.2, 0.25) is 0 Å². The molecule has 0 fully saturated rings. The summed E-state index contributed by atoms with van der Waals surface area (Å²) in [5.74, 6) is 0.323. The van der Waals surface area contributed by atoms with E-state index in [-0.39, 0.29) is 21.8 Å². The number of para-hydroxylation sites is 1. The molecule has 0 radical (unpaired) electrons. The van der Waals surface area contributed by atoms with Crippen LogP contribution in [-0.2, 0) is 9.84 Å². The summed E-state index contributed by atoms with van der Waals surface area (Å²) >= 11 is 0. The smallest absolute Gasteiger partial charge is 0.299 e. The van der Waals surface area contributed by atoms with E-state index in [1.165, 1.54) is 30.0 Å².